The molecular weight excluding hydrogens is 348 g/mol. The SMILES string of the molecule is Cc1ccc(C(CC(=O)OC(C)C)NC(=O)CNC(=O)c2ccco2)cc1. The molecule has 0 aliphatic rings. The van der Waals surface area contributed by atoms with Gasteiger partial charge in [-0.1, -0.05) is 29.8 Å². The first-order valence-electron chi connectivity index (χ1n) is 8.72. The van der Waals surface area contributed by atoms with Crippen LogP contribution in [0.25, 0.3) is 0 Å². The molecule has 7 nitrogen and oxygen atoms in total. The molecule has 1 atom stereocenters. The topological polar surface area (TPSA) is 97.6 Å². The molecule has 1 heterocycles. The highest BCUT2D eigenvalue weighted by atomic mass is 16.5. The van der Waals surface area contributed by atoms with Gasteiger partial charge in [0.2, 0.25) is 5.91 Å². The summed E-state index contributed by atoms with van der Waals surface area (Å²) in [5.41, 5.74) is 1.85. The number of nitrogens with one attached hydrogen (secondary N) is 2. The first-order valence-corrected chi connectivity index (χ1v) is 8.72. The lowest BCUT2D eigenvalue weighted by atomic mass is 10.0. The minimum absolute atomic E-state index is 0.000882. The van der Waals surface area contributed by atoms with Gasteiger partial charge in [-0.25, -0.2) is 0 Å². The van der Waals surface area contributed by atoms with E-state index in [1.165, 1.54) is 12.3 Å². The van der Waals surface area contributed by atoms with E-state index in [4.69, 9.17) is 9.15 Å². The van der Waals surface area contributed by atoms with Crippen molar-refractivity contribution in [2.24, 2.45) is 0 Å². The Bertz CT molecular complexity index is 766. The van der Waals surface area contributed by atoms with E-state index in [-0.39, 0.29) is 24.8 Å². The minimum atomic E-state index is -0.551. The first kappa shape index (κ1) is 20.2. The maximum atomic E-state index is 12.3. The smallest absolute Gasteiger partial charge is 0.308 e. The van der Waals surface area contributed by atoms with Crippen LogP contribution in [-0.2, 0) is 14.3 Å². The highest BCUT2D eigenvalue weighted by Gasteiger charge is 2.20. The number of esters is 1. The quantitative estimate of drug-likeness (QED) is 0.694. The fourth-order valence-corrected chi connectivity index (χ4v) is 2.43. The van der Waals surface area contributed by atoms with Gasteiger partial charge in [-0.2, -0.15) is 0 Å². The summed E-state index contributed by atoms with van der Waals surface area (Å²) in [4.78, 5) is 36.2. The summed E-state index contributed by atoms with van der Waals surface area (Å²) in [6.07, 6.45) is 1.14. The standard InChI is InChI=1S/C20H24N2O5/c1-13(2)27-19(24)11-16(15-8-6-14(3)7-9-15)22-18(23)12-21-20(25)17-5-4-10-26-17/h4-10,13,16H,11-12H2,1-3H3,(H,21,25)(H,22,23). The predicted molar refractivity (Wildman–Crippen MR) is 98.9 cm³/mol. The van der Waals surface area contributed by atoms with Gasteiger partial charge < -0.3 is 19.8 Å². The minimum Gasteiger partial charge on any atom is -0.463 e. The second-order valence-corrected chi connectivity index (χ2v) is 6.43. The zero-order valence-electron chi connectivity index (χ0n) is 15.7. The molecule has 144 valence electrons. The van der Waals surface area contributed by atoms with E-state index in [0.717, 1.165) is 11.1 Å². The number of rotatable bonds is 8. The molecule has 0 spiro atoms. The van der Waals surface area contributed by atoms with Crippen molar-refractivity contribution in [1.29, 1.82) is 0 Å². The van der Waals surface area contributed by atoms with Crippen molar-refractivity contribution in [3.8, 4) is 0 Å². The Morgan fingerprint density at radius 1 is 1.11 bits per heavy atom. The Morgan fingerprint density at radius 2 is 1.81 bits per heavy atom. The summed E-state index contributed by atoms with van der Waals surface area (Å²) in [7, 11) is 0. The Balaban J connectivity index is 1.99. The predicted octanol–water partition coefficient (Wildman–Crippen LogP) is 2.52. The number of furan rings is 1. The number of ether oxygens (including phenoxy) is 1. The third kappa shape index (κ3) is 6.62. The van der Waals surface area contributed by atoms with Crippen LogP contribution in [0.4, 0.5) is 0 Å². The summed E-state index contributed by atoms with van der Waals surface area (Å²) in [6, 6.07) is 10.0. The van der Waals surface area contributed by atoms with Crippen molar-refractivity contribution in [2.75, 3.05) is 6.54 Å². The van der Waals surface area contributed by atoms with Gasteiger partial charge in [0.15, 0.2) is 5.76 Å². The summed E-state index contributed by atoms with van der Waals surface area (Å²) in [5, 5.41) is 5.25. The van der Waals surface area contributed by atoms with E-state index < -0.39 is 23.8 Å². The lowest BCUT2D eigenvalue weighted by Gasteiger charge is -2.20. The van der Waals surface area contributed by atoms with Gasteiger partial charge in [0, 0.05) is 0 Å². The van der Waals surface area contributed by atoms with Crippen LogP contribution in [0.2, 0.25) is 0 Å². The van der Waals surface area contributed by atoms with E-state index in [1.807, 2.05) is 31.2 Å². The third-order valence-corrected chi connectivity index (χ3v) is 3.71. The number of carbonyl (C=O) groups is 3. The van der Waals surface area contributed by atoms with Crippen molar-refractivity contribution >= 4 is 17.8 Å². The normalized spacial score (nSPS) is 11.7. The van der Waals surface area contributed by atoms with Gasteiger partial charge in [-0.15, -0.1) is 0 Å². The van der Waals surface area contributed by atoms with E-state index in [0.29, 0.717) is 0 Å². The molecule has 0 bridgehead atoms. The van der Waals surface area contributed by atoms with Crippen molar-refractivity contribution in [3.05, 3.63) is 59.5 Å². The molecule has 0 radical (unpaired) electrons. The molecule has 0 saturated heterocycles. The number of hydrogen-bond donors (Lipinski definition) is 2. The lowest BCUT2D eigenvalue weighted by molar-refractivity contribution is -0.148. The Labute approximate surface area is 158 Å². The number of carbonyl (C=O) groups excluding carboxylic acids is 3. The van der Waals surface area contributed by atoms with Crippen LogP contribution in [0.15, 0.2) is 47.1 Å². The van der Waals surface area contributed by atoms with Crippen LogP contribution in [-0.4, -0.2) is 30.4 Å². The Morgan fingerprint density at radius 3 is 2.41 bits per heavy atom. The van der Waals surface area contributed by atoms with Crippen LogP contribution in [0, 0.1) is 6.92 Å². The van der Waals surface area contributed by atoms with Gasteiger partial charge in [0.05, 0.1) is 31.4 Å². The number of hydrogen-bond acceptors (Lipinski definition) is 5. The fourth-order valence-electron chi connectivity index (χ4n) is 2.43. The molecule has 2 rings (SSSR count). The molecule has 0 saturated carbocycles. The van der Waals surface area contributed by atoms with Crippen molar-refractivity contribution < 1.29 is 23.5 Å². The third-order valence-electron chi connectivity index (χ3n) is 3.71. The van der Waals surface area contributed by atoms with Gasteiger partial charge in [0.25, 0.3) is 5.91 Å². The molecule has 2 aromatic rings. The molecule has 7 heteroatoms. The van der Waals surface area contributed by atoms with Crippen LogP contribution in [0.1, 0.15) is 48.0 Å². The molecule has 1 aromatic carbocycles. The molecule has 27 heavy (non-hydrogen) atoms. The fraction of sp³-hybridized carbons (Fsp3) is 0.350. The van der Waals surface area contributed by atoms with Crippen LogP contribution < -0.4 is 10.6 Å². The largest absolute Gasteiger partial charge is 0.463 e. The molecule has 2 amide bonds. The molecule has 0 aliphatic heterocycles. The highest BCUT2D eigenvalue weighted by Crippen LogP contribution is 2.18. The van der Waals surface area contributed by atoms with Crippen LogP contribution in [0.5, 0.6) is 0 Å². The molecule has 1 unspecified atom stereocenters. The highest BCUT2D eigenvalue weighted by molar-refractivity contribution is 5.94. The first-order chi connectivity index (χ1) is 12.8. The van der Waals surface area contributed by atoms with Gasteiger partial charge in [-0.05, 0) is 38.5 Å². The average molecular weight is 372 g/mol. The monoisotopic (exact) mass is 372 g/mol. The van der Waals surface area contributed by atoms with E-state index in [1.54, 1.807) is 19.9 Å². The number of aryl methyl sites for hydroxylation is 1. The molecule has 0 fully saturated rings. The van der Waals surface area contributed by atoms with Gasteiger partial charge >= 0.3 is 5.97 Å². The van der Waals surface area contributed by atoms with Crippen molar-refractivity contribution in [3.63, 3.8) is 0 Å². The molecule has 0 aliphatic carbocycles. The summed E-state index contributed by atoms with van der Waals surface area (Å²) in [6.45, 7) is 5.25. The zero-order chi connectivity index (χ0) is 19.8. The maximum Gasteiger partial charge on any atom is 0.308 e. The average Bonchev–Trinajstić information content (AvgIpc) is 3.14. The number of amides is 2. The van der Waals surface area contributed by atoms with Crippen LogP contribution in [0.3, 0.4) is 0 Å². The second kappa shape index (κ2) is 9.56. The van der Waals surface area contributed by atoms with E-state index >= 15 is 0 Å². The lowest BCUT2D eigenvalue weighted by Crippen LogP contribution is -2.39. The summed E-state index contributed by atoms with van der Waals surface area (Å²) >= 11 is 0. The van der Waals surface area contributed by atoms with Crippen molar-refractivity contribution in [1.82, 2.24) is 10.6 Å². The summed E-state index contributed by atoms with van der Waals surface area (Å²) < 4.78 is 10.2. The van der Waals surface area contributed by atoms with Gasteiger partial charge in [-0.3, -0.25) is 14.4 Å². The summed E-state index contributed by atoms with van der Waals surface area (Å²) in [5.74, 6) is -1.19. The molecule has 1 aromatic heterocycles. The second-order valence-electron chi connectivity index (χ2n) is 6.43. The van der Waals surface area contributed by atoms with Crippen LogP contribution >= 0.6 is 0 Å². The van der Waals surface area contributed by atoms with Crippen molar-refractivity contribution in [2.45, 2.75) is 39.3 Å². The maximum absolute atomic E-state index is 12.3. The Kier molecular flexibility index (Phi) is 7.16. The van der Waals surface area contributed by atoms with E-state index in [2.05, 4.69) is 10.6 Å². The molecule has 2 N–H and O–H groups in total. The Hall–Kier alpha value is -3.09. The van der Waals surface area contributed by atoms with Gasteiger partial charge in [0.1, 0.15) is 0 Å². The van der Waals surface area contributed by atoms with E-state index in [9.17, 15) is 14.4 Å². The zero-order valence-corrected chi connectivity index (χ0v) is 15.7. The number of benzene rings is 1. The molecular formula is C20H24N2O5.